The Morgan fingerprint density at radius 3 is 2.46 bits per heavy atom. The second-order valence-electron chi connectivity index (χ2n) is 5.54. The van der Waals surface area contributed by atoms with Gasteiger partial charge in [-0.15, -0.1) is 0 Å². The van der Waals surface area contributed by atoms with E-state index in [4.69, 9.17) is 22.7 Å². The van der Waals surface area contributed by atoms with E-state index < -0.39 is 5.91 Å². The molecule has 2 amide bonds. The molecule has 136 valence electrons. The Morgan fingerprint density at radius 1 is 1.12 bits per heavy atom. The van der Waals surface area contributed by atoms with Crippen LogP contribution in [0.5, 0.6) is 5.75 Å². The van der Waals surface area contributed by atoms with E-state index in [9.17, 15) is 9.59 Å². The molecule has 0 aliphatic rings. The minimum Gasteiger partial charge on any atom is -0.494 e. The lowest BCUT2D eigenvalue weighted by molar-refractivity contribution is 0.0975. The van der Waals surface area contributed by atoms with Crippen molar-refractivity contribution >= 4 is 34.8 Å². The molecule has 0 atom stereocenters. The van der Waals surface area contributed by atoms with Gasteiger partial charge in [0.05, 0.1) is 17.9 Å². The van der Waals surface area contributed by atoms with Crippen LogP contribution in [0, 0.1) is 0 Å². The zero-order valence-electron chi connectivity index (χ0n) is 14.5. The monoisotopic (exact) mass is 371 g/mol. The summed E-state index contributed by atoms with van der Waals surface area (Å²) in [5, 5.41) is 5.46. The first-order valence-corrected chi connectivity index (χ1v) is 8.66. The van der Waals surface area contributed by atoms with Crippen molar-refractivity contribution in [3.8, 4) is 5.75 Å². The number of benzene rings is 2. The number of nitrogens with two attached hydrogens (primary N) is 1. The highest BCUT2D eigenvalue weighted by molar-refractivity contribution is 7.80. The molecular formula is C19H21N3O3S. The fourth-order valence-corrected chi connectivity index (χ4v) is 2.38. The Kier molecular flexibility index (Phi) is 7.11. The molecule has 0 saturated heterocycles. The van der Waals surface area contributed by atoms with Gasteiger partial charge in [0.15, 0.2) is 5.11 Å². The summed E-state index contributed by atoms with van der Waals surface area (Å²) in [6, 6.07) is 13.5. The smallest absolute Gasteiger partial charge is 0.257 e. The maximum atomic E-state index is 12.3. The number of carbonyl (C=O) groups excluding carboxylic acids is 2. The first kappa shape index (κ1) is 19.4. The second kappa shape index (κ2) is 9.53. The zero-order valence-corrected chi connectivity index (χ0v) is 15.3. The van der Waals surface area contributed by atoms with E-state index in [1.807, 2.05) is 0 Å². The number of nitrogens with one attached hydrogen (secondary N) is 2. The van der Waals surface area contributed by atoms with Crippen LogP contribution in [-0.2, 0) is 0 Å². The van der Waals surface area contributed by atoms with Crippen molar-refractivity contribution in [1.82, 2.24) is 5.32 Å². The molecule has 0 aliphatic heterocycles. The van der Waals surface area contributed by atoms with Gasteiger partial charge in [0.2, 0.25) is 0 Å². The lowest BCUT2D eigenvalue weighted by Gasteiger charge is -2.12. The summed E-state index contributed by atoms with van der Waals surface area (Å²) in [6.45, 7) is 2.74. The summed E-state index contributed by atoms with van der Waals surface area (Å²) < 4.78 is 5.56. The van der Waals surface area contributed by atoms with Gasteiger partial charge in [-0.05, 0) is 55.0 Å². The topological polar surface area (TPSA) is 93.4 Å². The highest BCUT2D eigenvalue weighted by atomic mass is 32.1. The summed E-state index contributed by atoms with van der Waals surface area (Å²) in [7, 11) is 0. The van der Waals surface area contributed by atoms with Crippen LogP contribution in [0.25, 0.3) is 0 Å². The second-order valence-corrected chi connectivity index (χ2v) is 5.95. The number of hydrogen-bond acceptors (Lipinski definition) is 4. The molecule has 6 nitrogen and oxygen atoms in total. The van der Waals surface area contributed by atoms with Crippen molar-refractivity contribution < 1.29 is 14.3 Å². The molecule has 0 spiro atoms. The first-order chi connectivity index (χ1) is 12.5. The van der Waals surface area contributed by atoms with Gasteiger partial charge in [0.1, 0.15) is 5.75 Å². The van der Waals surface area contributed by atoms with Crippen molar-refractivity contribution in [1.29, 1.82) is 0 Å². The number of ether oxygens (including phenoxy) is 1. The number of unbranched alkanes of at least 4 members (excludes halogenated alkanes) is 1. The van der Waals surface area contributed by atoms with Gasteiger partial charge in [-0.2, -0.15) is 0 Å². The molecule has 0 aromatic heterocycles. The van der Waals surface area contributed by atoms with Crippen LogP contribution in [0.4, 0.5) is 5.69 Å². The van der Waals surface area contributed by atoms with E-state index in [1.165, 1.54) is 0 Å². The summed E-state index contributed by atoms with van der Waals surface area (Å²) in [6.07, 6.45) is 2.04. The number of primary amides is 1. The van der Waals surface area contributed by atoms with Crippen LogP contribution in [-0.4, -0.2) is 23.5 Å². The summed E-state index contributed by atoms with van der Waals surface area (Å²) in [5.41, 5.74) is 6.49. The van der Waals surface area contributed by atoms with Crippen molar-refractivity contribution in [2.45, 2.75) is 19.8 Å². The van der Waals surface area contributed by atoms with E-state index in [-0.39, 0.29) is 16.6 Å². The number of anilines is 1. The van der Waals surface area contributed by atoms with Crippen LogP contribution < -0.4 is 21.1 Å². The van der Waals surface area contributed by atoms with Crippen LogP contribution in [0.2, 0.25) is 0 Å². The average molecular weight is 371 g/mol. The molecule has 2 rings (SSSR count). The number of para-hydroxylation sites is 1. The maximum Gasteiger partial charge on any atom is 0.257 e. The van der Waals surface area contributed by atoms with Gasteiger partial charge >= 0.3 is 0 Å². The fraction of sp³-hybridized carbons (Fsp3) is 0.211. The standard InChI is InChI=1S/C19H21N3O3S/c1-2-3-12-25-14-10-8-13(9-11-14)18(24)22-19(26)21-16-7-5-4-6-15(16)17(20)23/h4-11H,2-3,12H2,1H3,(H2,20,23)(H2,21,22,24,26). The molecular weight excluding hydrogens is 350 g/mol. The molecule has 2 aromatic carbocycles. The first-order valence-electron chi connectivity index (χ1n) is 8.25. The minimum atomic E-state index is -0.583. The molecule has 0 heterocycles. The molecule has 0 unspecified atom stereocenters. The lowest BCUT2D eigenvalue weighted by Crippen LogP contribution is -2.34. The number of thiocarbonyl (C=S) groups is 1. The predicted octanol–water partition coefficient (Wildman–Crippen LogP) is 3.09. The van der Waals surface area contributed by atoms with Crippen molar-refractivity contribution in [2.75, 3.05) is 11.9 Å². The van der Waals surface area contributed by atoms with Crippen molar-refractivity contribution in [2.24, 2.45) is 5.73 Å². The molecule has 26 heavy (non-hydrogen) atoms. The lowest BCUT2D eigenvalue weighted by atomic mass is 10.1. The van der Waals surface area contributed by atoms with Gasteiger partial charge in [0.25, 0.3) is 11.8 Å². The Morgan fingerprint density at radius 2 is 1.81 bits per heavy atom. The minimum absolute atomic E-state index is 0.0759. The van der Waals surface area contributed by atoms with Gasteiger partial charge in [-0.3, -0.25) is 14.9 Å². The highest BCUT2D eigenvalue weighted by Gasteiger charge is 2.11. The fourth-order valence-electron chi connectivity index (χ4n) is 2.17. The molecule has 7 heteroatoms. The molecule has 4 N–H and O–H groups in total. The number of rotatable bonds is 7. The normalized spacial score (nSPS) is 10.0. The van der Waals surface area contributed by atoms with Crippen LogP contribution in [0.1, 0.15) is 40.5 Å². The zero-order chi connectivity index (χ0) is 18.9. The molecule has 0 radical (unpaired) electrons. The van der Waals surface area contributed by atoms with E-state index >= 15 is 0 Å². The Balaban J connectivity index is 1.95. The third-order valence-electron chi connectivity index (χ3n) is 3.55. The summed E-state index contributed by atoms with van der Waals surface area (Å²) in [4.78, 5) is 23.7. The van der Waals surface area contributed by atoms with Gasteiger partial charge in [-0.25, -0.2) is 0 Å². The Hall–Kier alpha value is -2.93. The third kappa shape index (κ3) is 5.56. The SMILES string of the molecule is CCCCOc1ccc(C(=O)NC(=S)Nc2ccccc2C(N)=O)cc1. The average Bonchev–Trinajstić information content (AvgIpc) is 2.62. The van der Waals surface area contributed by atoms with E-state index in [0.717, 1.165) is 12.8 Å². The Bertz CT molecular complexity index is 791. The van der Waals surface area contributed by atoms with Crippen molar-refractivity contribution in [3.63, 3.8) is 0 Å². The molecule has 0 fully saturated rings. The molecule has 2 aromatic rings. The molecule has 0 bridgehead atoms. The van der Waals surface area contributed by atoms with Crippen molar-refractivity contribution in [3.05, 3.63) is 59.7 Å². The largest absolute Gasteiger partial charge is 0.494 e. The van der Waals surface area contributed by atoms with Crippen LogP contribution in [0.15, 0.2) is 48.5 Å². The van der Waals surface area contributed by atoms with Crippen LogP contribution in [0.3, 0.4) is 0 Å². The molecule has 0 saturated carbocycles. The quantitative estimate of drug-likeness (QED) is 0.514. The van der Waals surface area contributed by atoms with E-state index in [2.05, 4.69) is 17.6 Å². The molecule has 0 aliphatic carbocycles. The summed E-state index contributed by atoms with van der Waals surface area (Å²) in [5.74, 6) is -0.230. The highest BCUT2D eigenvalue weighted by Crippen LogP contribution is 2.15. The van der Waals surface area contributed by atoms with Crippen LogP contribution >= 0.6 is 12.2 Å². The predicted molar refractivity (Wildman–Crippen MR) is 105 cm³/mol. The number of hydrogen-bond donors (Lipinski definition) is 3. The number of carbonyl (C=O) groups is 2. The number of amides is 2. The summed E-state index contributed by atoms with van der Waals surface area (Å²) >= 11 is 5.13. The van der Waals surface area contributed by atoms with E-state index in [1.54, 1.807) is 48.5 Å². The third-order valence-corrected chi connectivity index (χ3v) is 3.76. The Labute approximate surface area is 157 Å². The van der Waals surface area contributed by atoms with Gasteiger partial charge in [-0.1, -0.05) is 25.5 Å². The maximum absolute atomic E-state index is 12.3. The van der Waals surface area contributed by atoms with E-state index in [0.29, 0.717) is 23.6 Å². The van der Waals surface area contributed by atoms with Gasteiger partial charge < -0.3 is 15.8 Å². The van der Waals surface area contributed by atoms with Gasteiger partial charge in [0, 0.05) is 5.56 Å².